The van der Waals surface area contributed by atoms with Crippen LogP contribution in [0, 0.1) is 5.92 Å². The van der Waals surface area contributed by atoms with Gasteiger partial charge in [-0.15, -0.1) is 0 Å². The van der Waals surface area contributed by atoms with Crippen LogP contribution in [0.4, 0.5) is 0 Å². The van der Waals surface area contributed by atoms with Crippen molar-refractivity contribution in [2.45, 2.75) is 13.0 Å². The van der Waals surface area contributed by atoms with Crippen LogP contribution in [0.1, 0.15) is 12.0 Å². The summed E-state index contributed by atoms with van der Waals surface area (Å²) in [7, 11) is 0. The number of hydrogen-bond acceptors (Lipinski definition) is 4. The maximum Gasteiger partial charge on any atom is 0.257 e. The van der Waals surface area contributed by atoms with Crippen LogP contribution in [-0.4, -0.2) is 35.6 Å². The molecule has 1 aromatic carbocycles. The van der Waals surface area contributed by atoms with E-state index in [2.05, 4.69) is 27.0 Å². The molecule has 98 valence electrons. The fourth-order valence-electron chi connectivity index (χ4n) is 2.62. The van der Waals surface area contributed by atoms with Gasteiger partial charge in [0.2, 0.25) is 5.96 Å². The van der Waals surface area contributed by atoms with Crippen molar-refractivity contribution in [1.29, 1.82) is 0 Å². The molecule has 1 unspecified atom stereocenters. The predicted octanol–water partition coefficient (Wildman–Crippen LogP) is 0.804. The smallest absolute Gasteiger partial charge is 0.257 e. The van der Waals surface area contributed by atoms with Gasteiger partial charge in [-0.25, -0.2) is 4.99 Å². The maximum atomic E-state index is 11.7. The summed E-state index contributed by atoms with van der Waals surface area (Å²) in [6.45, 7) is 2.46. The number of fused-ring (bicyclic) bond motifs is 1. The highest BCUT2D eigenvalue weighted by atomic mass is 16.1. The number of amides is 1. The van der Waals surface area contributed by atoms with Gasteiger partial charge < -0.3 is 5.73 Å². The number of nitrogens with zero attached hydrogens (tertiary/aromatic N) is 3. The first kappa shape index (κ1) is 12.0. The number of piperidine rings is 1. The van der Waals surface area contributed by atoms with E-state index in [0.717, 1.165) is 25.2 Å². The molecule has 3 rings (SSSR count). The minimum Gasteiger partial charge on any atom is -0.368 e. The lowest BCUT2D eigenvalue weighted by Crippen LogP contribution is -2.45. The third-order valence-corrected chi connectivity index (χ3v) is 3.55. The van der Waals surface area contributed by atoms with Crippen molar-refractivity contribution in [2.24, 2.45) is 21.6 Å². The van der Waals surface area contributed by atoms with Crippen LogP contribution >= 0.6 is 0 Å². The van der Waals surface area contributed by atoms with E-state index >= 15 is 0 Å². The van der Waals surface area contributed by atoms with E-state index in [0.29, 0.717) is 6.54 Å². The van der Waals surface area contributed by atoms with E-state index in [9.17, 15) is 4.79 Å². The first-order valence-corrected chi connectivity index (χ1v) is 6.44. The summed E-state index contributed by atoms with van der Waals surface area (Å²) in [6, 6.07) is 10.3. The lowest BCUT2D eigenvalue weighted by Gasteiger charge is -2.33. The minimum atomic E-state index is -0.153. The zero-order valence-electron chi connectivity index (χ0n) is 10.6. The van der Waals surface area contributed by atoms with Crippen molar-refractivity contribution in [3.05, 3.63) is 35.9 Å². The highest BCUT2D eigenvalue weighted by Crippen LogP contribution is 2.21. The van der Waals surface area contributed by atoms with E-state index in [4.69, 9.17) is 5.73 Å². The molecule has 1 saturated heterocycles. The fraction of sp³-hybridized carbons (Fsp3) is 0.357. The largest absolute Gasteiger partial charge is 0.368 e. The molecule has 1 aromatic rings. The van der Waals surface area contributed by atoms with Crippen molar-refractivity contribution in [1.82, 2.24) is 4.90 Å². The van der Waals surface area contributed by atoms with Gasteiger partial charge in [-0.2, -0.15) is 4.99 Å². The van der Waals surface area contributed by atoms with Gasteiger partial charge in [0.25, 0.3) is 5.91 Å². The SMILES string of the molecule is NC1=NC(=O)C2CCN(Cc3ccccc3)CC2=N1. The van der Waals surface area contributed by atoms with E-state index in [-0.39, 0.29) is 17.8 Å². The number of aliphatic imine (C=N–C) groups is 2. The maximum absolute atomic E-state index is 11.7. The first-order valence-electron chi connectivity index (χ1n) is 6.44. The zero-order valence-corrected chi connectivity index (χ0v) is 10.6. The quantitative estimate of drug-likeness (QED) is 0.851. The summed E-state index contributed by atoms with van der Waals surface area (Å²) in [5, 5.41) is 0. The molecule has 5 nitrogen and oxygen atoms in total. The Hall–Kier alpha value is -2.01. The number of carbonyl (C=O) groups excluding carboxylic acids is 1. The molecule has 2 heterocycles. The van der Waals surface area contributed by atoms with Crippen molar-refractivity contribution in [3.8, 4) is 0 Å². The molecule has 0 aromatic heterocycles. The van der Waals surface area contributed by atoms with Gasteiger partial charge in [0.05, 0.1) is 5.92 Å². The molecule has 1 amide bonds. The van der Waals surface area contributed by atoms with Gasteiger partial charge in [0.1, 0.15) is 0 Å². The molecule has 0 saturated carbocycles. The lowest BCUT2D eigenvalue weighted by atomic mass is 9.92. The molecule has 0 spiro atoms. The monoisotopic (exact) mass is 256 g/mol. The number of hydrogen-bond donors (Lipinski definition) is 1. The third-order valence-electron chi connectivity index (χ3n) is 3.55. The van der Waals surface area contributed by atoms with Crippen LogP contribution in [0.2, 0.25) is 0 Å². The van der Waals surface area contributed by atoms with Crippen LogP contribution < -0.4 is 5.73 Å². The molecule has 1 fully saturated rings. The topological polar surface area (TPSA) is 71.0 Å². The summed E-state index contributed by atoms with van der Waals surface area (Å²) in [4.78, 5) is 22.0. The number of likely N-dealkylation sites (tertiary alicyclic amines) is 1. The summed E-state index contributed by atoms with van der Waals surface area (Å²) < 4.78 is 0. The van der Waals surface area contributed by atoms with E-state index in [1.807, 2.05) is 18.2 Å². The fourth-order valence-corrected chi connectivity index (χ4v) is 2.62. The van der Waals surface area contributed by atoms with Crippen LogP contribution in [0.5, 0.6) is 0 Å². The Kier molecular flexibility index (Phi) is 3.13. The Morgan fingerprint density at radius 2 is 2.05 bits per heavy atom. The van der Waals surface area contributed by atoms with Gasteiger partial charge in [-0.1, -0.05) is 30.3 Å². The number of carbonyl (C=O) groups is 1. The standard InChI is InChI=1S/C14H16N4O/c15-14-16-12-9-18(7-6-11(12)13(19)17-14)8-10-4-2-1-3-5-10/h1-5,11H,6-9H2,(H2,15,17,19). The van der Waals surface area contributed by atoms with Crippen LogP contribution in [-0.2, 0) is 11.3 Å². The molecule has 2 aliphatic rings. The lowest BCUT2D eigenvalue weighted by molar-refractivity contribution is -0.120. The Morgan fingerprint density at radius 3 is 2.84 bits per heavy atom. The van der Waals surface area contributed by atoms with Gasteiger partial charge in [0.15, 0.2) is 0 Å². The predicted molar refractivity (Wildman–Crippen MR) is 73.9 cm³/mol. The van der Waals surface area contributed by atoms with E-state index in [1.165, 1.54) is 5.56 Å². The normalized spacial score (nSPS) is 23.6. The average Bonchev–Trinajstić information content (AvgIpc) is 2.39. The van der Waals surface area contributed by atoms with Crippen molar-refractivity contribution in [2.75, 3.05) is 13.1 Å². The summed E-state index contributed by atoms with van der Waals surface area (Å²) >= 11 is 0. The van der Waals surface area contributed by atoms with Crippen LogP contribution in [0.25, 0.3) is 0 Å². The molecule has 1 atom stereocenters. The minimum absolute atomic E-state index is 0.0952. The molecule has 2 aliphatic heterocycles. The molecule has 2 N–H and O–H groups in total. The van der Waals surface area contributed by atoms with Crippen molar-refractivity contribution >= 4 is 17.6 Å². The Morgan fingerprint density at radius 1 is 1.26 bits per heavy atom. The van der Waals surface area contributed by atoms with Gasteiger partial charge in [-0.05, 0) is 12.0 Å². The third kappa shape index (κ3) is 2.56. The summed E-state index contributed by atoms with van der Waals surface area (Å²) in [6.07, 6.45) is 0.779. The number of rotatable bonds is 2. The molecule has 19 heavy (non-hydrogen) atoms. The van der Waals surface area contributed by atoms with Crippen molar-refractivity contribution in [3.63, 3.8) is 0 Å². The Bertz CT molecular complexity index is 550. The van der Waals surface area contributed by atoms with E-state index < -0.39 is 0 Å². The molecule has 0 bridgehead atoms. The van der Waals surface area contributed by atoms with Gasteiger partial charge in [0, 0.05) is 25.3 Å². The molecule has 0 radical (unpaired) electrons. The highest BCUT2D eigenvalue weighted by molar-refractivity contribution is 6.16. The number of nitrogens with two attached hydrogens (primary N) is 1. The highest BCUT2D eigenvalue weighted by Gasteiger charge is 2.33. The van der Waals surface area contributed by atoms with E-state index in [1.54, 1.807) is 0 Å². The molecule has 5 heteroatoms. The van der Waals surface area contributed by atoms with Crippen LogP contribution in [0.3, 0.4) is 0 Å². The number of guanidine groups is 1. The second-order valence-electron chi connectivity index (χ2n) is 4.95. The van der Waals surface area contributed by atoms with Crippen molar-refractivity contribution < 1.29 is 4.79 Å². The van der Waals surface area contributed by atoms with Gasteiger partial charge >= 0.3 is 0 Å². The Labute approximate surface area is 111 Å². The molecule has 0 aliphatic carbocycles. The van der Waals surface area contributed by atoms with Crippen LogP contribution in [0.15, 0.2) is 40.3 Å². The number of benzene rings is 1. The summed E-state index contributed by atoms with van der Waals surface area (Å²) in [5.41, 5.74) is 7.68. The Balaban J connectivity index is 1.72. The average molecular weight is 256 g/mol. The first-order chi connectivity index (χ1) is 9.22. The molecular weight excluding hydrogens is 240 g/mol. The zero-order chi connectivity index (χ0) is 13.2. The van der Waals surface area contributed by atoms with Gasteiger partial charge in [-0.3, -0.25) is 9.69 Å². The second-order valence-corrected chi connectivity index (χ2v) is 4.95. The molecular formula is C14H16N4O. The second kappa shape index (κ2) is 4.93. The summed E-state index contributed by atoms with van der Waals surface area (Å²) in [5.74, 6) is -0.195.